The summed E-state index contributed by atoms with van der Waals surface area (Å²) < 4.78 is 6.94. The van der Waals surface area contributed by atoms with E-state index < -0.39 is 0 Å². The molecule has 0 atom stereocenters. The fraction of sp³-hybridized carbons (Fsp3) is 0. The molecule has 0 spiro atoms. The summed E-state index contributed by atoms with van der Waals surface area (Å²) in [6.45, 7) is 0. The van der Waals surface area contributed by atoms with Gasteiger partial charge in [-0.15, -0.1) is 0 Å². The van der Waals surface area contributed by atoms with Gasteiger partial charge >= 0.3 is 0 Å². The molecule has 1 heterocycles. The number of benzene rings is 11. The van der Waals surface area contributed by atoms with Crippen molar-refractivity contribution in [3.63, 3.8) is 0 Å². The van der Waals surface area contributed by atoms with Crippen LogP contribution in [0.5, 0.6) is 0 Å². The van der Waals surface area contributed by atoms with Gasteiger partial charge in [0.2, 0.25) is 0 Å². The predicted octanol–water partition coefficient (Wildman–Crippen LogP) is 14.4. The normalized spacial score (nSPS) is 12.3. The first-order chi connectivity index (χ1) is 25.3. The third-order valence-corrected chi connectivity index (χ3v) is 11.3. The Morgan fingerprint density at radius 3 is 1.59 bits per heavy atom. The summed E-state index contributed by atoms with van der Waals surface area (Å²) in [5.41, 5.74) is 6.55. The van der Waals surface area contributed by atoms with Gasteiger partial charge in [0.25, 0.3) is 0 Å². The summed E-state index contributed by atoms with van der Waals surface area (Å²) in [4.78, 5) is 0. The Labute approximate surface area is 292 Å². The molecule has 0 unspecified atom stereocenters. The molecule has 0 aliphatic heterocycles. The Morgan fingerprint density at radius 1 is 0.275 bits per heavy atom. The highest BCUT2D eigenvalue weighted by Crippen LogP contribution is 2.47. The van der Waals surface area contributed by atoms with Crippen molar-refractivity contribution in [2.24, 2.45) is 0 Å². The molecule has 0 aliphatic rings. The lowest BCUT2D eigenvalue weighted by Crippen LogP contribution is -1.90. The Balaban J connectivity index is 1.27. The van der Waals surface area contributed by atoms with Crippen LogP contribution in [0.25, 0.3) is 120 Å². The number of hydrogen-bond donors (Lipinski definition) is 0. The molecule has 0 N–H and O–H groups in total. The summed E-state index contributed by atoms with van der Waals surface area (Å²) in [7, 11) is 0. The van der Waals surface area contributed by atoms with Crippen LogP contribution < -0.4 is 0 Å². The summed E-state index contributed by atoms with van der Waals surface area (Å²) in [5.74, 6) is 0. The van der Waals surface area contributed by atoms with Crippen LogP contribution in [0.15, 0.2) is 174 Å². The number of rotatable bonds is 2. The second kappa shape index (κ2) is 9.94. The van der Waals surface area contributed by atoms with Gasteiger partial charge in [0.05, 0.1) is 0 Å². The smallest absolute Gasteiger partial charge is 0.143 e. The first-order valence-electron chi connectivity index (χ1n) is 17.7. The molecule has 51 heavy (non-hydrogen) atoms. The number of furan rings is 1. The van der Waals surface area contributed by atoms with Gasteiger partial charge in [0.1, 0.15) is 11.2 Å². The zero-order chi connectivity index (χ0) is 33.2. The van der Waals surface area contributed by atoms with Crippen molar-refractivity contribution in [1.82, 2.24) is 0 Å². The Kier molecular flexibility index (Phi) is 5.29. The summed E-state index contributed by atoms with van der Waals surface area (Å²) in [6.07, 6.45) is 0. The maximum atomic E-state index is 6.94. The van der Waals surface area contributed by atoms with E-state index in [0.717, 1.165) is 22.1 Å². The zero-order valence-electron chi connectivity index (χ0n) is 27.6. The van der Waals surface area contributed by atoms with Crippen LogP contribution >= 0.6 is 0 Å². The molecule has 12 aromatic rings. The molecule has 0 saturated carbocycles. The quantitative estimate of drug-likeness (QED) is 0.171. The highest BCUT2D eigenvalue weighted by Gasteiger charge is 2.21. The van der Waals surface area contributed by atoms with Crippen molar-refractivity contribution in [2.45, 2.75) is 0 Å². The molecule has 0 radical (unpaired) electrons. The van der Waals surface area contributed by atoms with E-state index in [1.807, 2.05) is 0 Å². The first kappa shape index (κ1) is 27.2. The van der Waals surface area contributed by atoms with Crippen LogP contribution in [0.4, 0.5) is 0 Å². The fourth-order valence-corrected chi connectivity index (χ4v) is 9.08. The number of hydrogen-bond acceptors (Lipinski definition) is 1. The van der Waals surface area contributed by atoms with Crippen LogP contribution in [0.2, 0.25) is 0 Å². The largest absolute Gasteiger partial charge is 0.455 e. The summed E-state index contributed by atoms with van der Waals surface area (Å²) in [5, 5.41) is 20.0. The minimum Gasteiger partial charge on any atom is -0.455 e. The molecule has 0 saturated heterocycles. The average molecular weight is 645 g/mol. The van der Waals surface area contributed by atoms with Gasteiger partial charge in [-0.3, -0.25) is 0 Å². The lowest BCUT2D eigenvalue weighted by Gasteiger charge is -2.17. The third kappa shape index (κ3) is 3.70. The fourth-order valence-electron chi connectivity index (χ4n) is 9.08. The van der Waals surface area contributed by atoms with Crippen LogP contribution in [0, 0.1) is 0 Å². The van der Waals surface area contributed by atoms with E-state index in [9.17, 15) is 0 Å². The lowest BCUT2D eigenvalue weighted by molar-refractivity contribution is 0.670. The van der Waals surface area contributed by atoms with Crippen molar-refractivity contribution >= 4 is 97.3 Å². The summed E-state index contributed by atoms with van der Waals surface area (Å²) >= 11 is 0. The van der Waals surface area contributed by atoms with E-state index in [0.29, 0.717) is 0 Å². The molecule has 0 amide bonds. The average Bonchev–Trinajstić information content (AvgIpc) is 3.58. The van der Waals surface area contributed by atoms with E-state index in [-0.39, 0.29) is 0 Å². The van der Waals surface area contributed by atoms with Gasteiger partial charge in [-0.05, 0) is 116 Å². The van der Waals surface area contributed by atoms with Crippen LogP contribution in [0.3, 0.4) is 0 Å². The molecule has 1 nitrogen and oxygen atoms in total. The van der Waals surface area contributed by atoms with Crippen LogP contribution in [-0.4, -0.2) is 0 Å². The molecule has 11 aromatic carbocycles. The number of fused-ring (bicyclic) bond motifs is 10. The first-order valence-corrected chi connectivity index (χ1v) is 17.7. The van der Waals surface area contributed by atoms with E-state index in [1.54, 1.807) is 0 Å². The van der Waals surface area contributed by atoms with Crippen molar-refractivity contribution < 1.29 is 4.42 Å². The Bertz CT molecular complexity index is 3380. The molecule has 1 heteroatoms. The molecule has 0 fully saturated rings. The van der Waals surface area contributed by atoms with Gasteiger partial charge in [-0.2, -0.15) is 0 Å². The second-order valence-electron chi connectivity index (χ2n) is 14.0. The van der Waals surface area contributed by atoms with Crippen molar-refractivity contribution in [2.75, 3.05) is 0 Å². The Morgan fingerprint density at radius 2 is 0.824 bits per heavy atom. The van der Waals surface area contributed by atoms with E-state index in [4.69, 9.17) is 4.42 Å². The van der Waals surface area contributed by atoms with E-state index in [1.165, 1.54) is 97.5 Å². The van der Waals surface area contributed by atoms with E-state index >= 15 is 0 Å². The molecule has 234 valence electrons. The van der Waals surface area contributed by atoms with Gasteiger partial charge in [0, 0.05) is 16.3 Å². The summed E-state index contributed by atoms with van der Waals surface area (Å²) in [6, 6.07) is 62.7. The van der Waals surface area contributed by atoms with Crippen LogP contribution in [0.1, 0.15) is 0 Å². The van der Waals surface area contributed by atoms with Gasteiger partial charge in [-0.1, -0.05) is 146 Å². The zero-order valence-corrected chi connectivity index (χ0v) is 27.6. The molecular formula is C50H28O. The maximum Gasteiger partial charge on any atom is 0.143 e. The van der Waals surface area contributed by atoms with E-state index in [2.05, 4.69) is 170 Å². The predicted molar refractivity (Wildman–Crippen MR) is 218 cm³/mol. The van der Waals surface area contributed by atoms with Crippen molar-refractivity contribution in [3.8, 4) is 22.3 Å². The lowest BCUT2D eigenvalue weighted by atomic mass is 9.86. The minimum atomic E-state index is 0.911. The second-order valence-corrected chi connectivity index (χ2v) is 14.0. The van der Waals surface area contributed by atoms with Crippen molar-refractivity contribution in [3.05, 3.63) is 170 Å². The standard InChI is InChI=1S/C50H28O/c1-4-13-36-29(8-1)18-23-41-42(26-34-10-3-6-15-38(34)48(36)41)35-27-43(50-44(28-35)49-37-14-5-2-9-30(37)21-25-45(49)51-50)39-22-19-33-17-16-31-11-7-12-32-20-24-40(39)47(33)46(31)32/h1-28H. The van der Waals surface area contributed by atoms with Gasteiger partial charge in [0.15, 0.2) is 0 Å². The SMILES string of the molecule is c1ccc2c(c1)ccc1oc3c(-c4ccc5ccc6cccc7ccc4c5c67)cc(-c4cc5ccccc5c5c4ccc4ccccc45)cc3c12. The molecular weight excluding hydrogens is 617 g/mol. The molecule has 12 rings (SSSR count). The van der Waals surface area contributed by atoms with Gasteiger partial charge in [-0.25, -0.2) is 0 Å². The molecule has 1 aromatic heterocycles. The highest BCUT2D eigenvalue weighted by molar-refractivity contribution is 6.29. The van der Waals surface area contributed by atoms with Crippen LogP contribution in [-0.2, 0) is 0 Å². The molecule has 0 aliphatic carbocycles. The minimum absolute atomic E-state index is 0.911. The monoisotopic (exact) mass is 644 g/mol. The topological polar surface area (TPSA) is 13.1 Å². The van der Waals surface area contributed by atoms with Crippen molar-refractivity contribution in [1.29, 1.82) is 0 Å². The third-order valence-electron chi connectivity index (χ3n) is 11.3. The Hall–Kier alpha value is -6.70. The van der Waals surface area contributed by atoms with Gasteiger partial charge < -0.3 is 4.42 Å². The molecule has 0 bridgehead atoms. The highest BCUT2D eigenvalue weighted by atomic mass is 16.3. The maximum absolute atomic E-state index is 6.94.